The Morgan fingerprint density at radius 2 is 1.22 bits per heavy atom. The van der Waals surface area contributed by atoms with Gasteiger partial charge in [-0.05, 0) is 24.3 Å². The summed E-state index contributed by atoms with van der Waals surface area (Å²) in [5, 5.41) is 19.9. The Morgan fingerprint density at radius 3 is 1.56 bits per heavy atom. The van der Waals surface area contributed by atoms with E-state index < -0.39 is 0 Å². The van der Waals surface area contributed by atoms with Crippen LogP contribution in [0.25, 0.3) is 0 Å². The molecule has 0 fully saturated rings. The van der Waals surface area contributed by atoms with Crippen molar-refractivity contribution in [3.8, 4) is 23.0 Å². The third-order valence-electron chi connectivity index (χ3n) is 3.97. The van der Waals surface area contributed by atoms with Gasteiger partial charge in [-0.25, -0.2) is 0 Å². The number of rotatable bonds is 8. The van der Waals surface area contributed by atoms with Crippen molar-refractivity contribution in [2.45, 2.75) is 13.8 Å². The Bertz CT molecular complexity index is 761. The van der Waals surface area contributed by atoms with Crippen molar-refractivity contribution < 1.29 is 19.7 Å². The minimum atomic E-state index is -0.169. The van der Waals surface area contributed by atoms with Gasteiger partial charge in [0.25, 0.3) is 0 Å². The molecule has 0 aliphatic rings. The average Bonchev–Trinajstić information content (AvgIpc) is 2.64. The molecule has 0 radical (unpaired) electrons. The summed E-state index contributed by atoms with van der Waals surface area (Å²) in [5.41, 5.74) is 1.11. The zero-order valence-electron chi connectivity index (χ0n) is 16.1. The normalized spacial score (nSPS) is 12.0. The summed E-state index contributed by atoms with van der Waals surface area (Å²) in [7, 11) is 3.11. The van der Waals surface area contributed by atoms with E-state index in [1.807, 2.05) is 0 Å². The molecule has 0 heterocycles. The Hall–Kier alpha value is -3.02. The van der Waals surface area contributed by atoms with Crippen LogP contribution in [0.5, 0.6) is 23.0 Å². The number of phenolic OH excluding ortho intramolecular Hbond substituents is 2. The number of methoxy groups -OCH3 is 2. The predicted molar refractivity (Wildman–Crippen MR) is 108 cm³/mol. The number of phenols is 2. The second kappa shape index (κ2) is 9.07. The molecule has 0 aliphatic carbocycles. The van der Waals surface area contributed by atoms with E-state index in [2.05, 4.69) is 23.8 Å². The topological polar surface area (TPSA) is 83.6 Å². The predicted octanol–water partition coefficient (Wildman–Crippen LogP) is 3.68. The van der Waals surface area contributed by atoms with Gasteiger partial charge in [-0.3, -0.25) is 9.98 Å². The molecular formula is C21H26N2O4. The van der Waals surface area contributed by atoms with Crippen LogP contribution in [-0.2, 0) is 0 Å². The number of benzene rings is 2. The van der Waals surface area contributed by atoms with E-state index in [1.165, 1.54) is 0 Å². The van der Waals surface area contributed by atoms with E-state index in [9.17, 15) is 10.2 Å². The molecule has 6 heteroatoms. The average molecular weight is 370 g/mol. The molecule has 144 valence electrons. The van der Waals surface area contributed by atoms with E-state index in [-0.39, 0.29) is 16.9 Å². The van der Waals surface area contributed by atoms with Crippen LogP contribution in [0.1, 0.15) is 25.0 Å². The number of hydrogen-bond acceptors (Lipinski definition) is 6. The molecule has 0 saturated heterocycles. The quantitative estimate of drug-likeness (QED) is 0.694. The smallest absolute Gasteiger partial charge is 0.128 e. The van der Waals surface area contributed by atoms with Gasteiger partial charge in [0.05, 0.1) is 14.2 Å². The molecule has 0 saturated carbocycles. The second-order valence-corrected chi connectivity index (χ2v) is 6.95. The van der Waals surface area contributed by atoms with E-state index in [4.69, 9.17) is 9.47 Å². The first-order valence-electron chi connectivity index (χ1n) is 8.58. The number of aliphatic imine (C=N–C) groups is 2. The highest BCUT2D eigenvalue weighted by molar-refractivity contribution is 5.84. The molecule has 0 atom stereocenters. The van der Waals surface area contributed by atoms with Crippen LogP contribution in [-0.4, -0.2) is 50.0 Å². The highest BCUT2D eigenvalue weighted by Crippen LogP contribution is 2.24. The fourth-order valence-electron chi connectivity index (χ4n) is 2.35. The zero-order valence-corrected chi connectivity index (χ0v) is 16.1. The standard InChI is InChI=1S/C21H26N2O4/c1-21(2,13-22-11-15-5-7-17(26-3)9-19(15)24)14-23-12-16-6-8-18(27-4)10-20(16)25/h5-12,24-25H,13-14H2,1-4H3. The van der Waals surface area contributed by atoms with Crippen molar-refractivity contribution in [3.05, 3.63) is 47.5 Å². The monoisotopic (exact) mass is 370 g/mol. The molecule has 2 rings (SSSR count). The van der Waals surface area contributed by atoms with Crippen LogP contribution in [0.2, 0.25) is 0 Å². The van der Waals surface area contributed by atoms with Crippen LogP contribution in [0, 0.1) is 5.41 Å². The van der Waals surface area contributed by atoms with Gasteiger partial charge in [0, 0.05) is 54.2 Å². The van der Waals surface area contributed by atoms with Crippen LogP contribution in [0.4, 0.5) is 0 Å². The molecule has 2 aromatic carbocycles. The molecular weight excluding hydrogens is 344 g/mol. The van der Waals surface area contributed by atoms with Crippen molar-refractivity contribution in [1.82, 2.24) is 0 Å². The van der Waals surface area contributed by atoms with E-state index in [0.717, 1.165) is 0 Å². The molecule has 0 bridgehead atoms. The molecule has 2 N–H and O–H groups in total. The molecule has 0 unspecified atom stereocenters. The Labute approximate surface area is 159 Å². The summed E-state index contributed by atoms with van der Waals surface area (Å²) in [6, 6.07) is 10.2. The summed E-state index contributed by atoms with van der Waals surface area (Å²) in [5.74, 6) is 1.45. The number of hydrogen-bond donors (Lipinski definition) is 2. The lowest BCUT2D eigenvalue weighted by Crippen LogP contribution is -2.19. The maximum atomic E-state index is 9.96. The number of ether oxygens (including phenoxy) is 2. The SMILES string of the molecule is COc1ccc(C=NCC(C)(C)CN=Cc2ccc(OC)cc2O)c(O)c1. The largest absolute Gasteiger partial charge is 0.507 e. The fraction of sp³-hybridized carbons (Fsp3) is 0.333. The van der Waals surface area contributed by atoms with Gasteiger partial charge >= 0.3 is 0 Å². The summed E-state index contributed by atoms with van der Waals surface area (Å²) in [4.78, 5) is 8.86. The van der Waals surface area contributed by atoms with Crippen LogP contribution in [0.15, 0.2) is 46.4 Å². The minimum Gasteiger partial charge on any atom is -0.507 e. The Balaban J connectivity index is 1.94. The zero-order chi connectivity index (χ0) is 19.9. The maximum absolute atomic E-state index is 9.96. The van der Waals surface area contributed by atoms with Gasteiger partial charge in [-0.15, -0.1) is 0 Å². The summed E-state index contributed by atoms with van der Waals surface area (Å²) in [6.07, 6.45) is 3.30. The van der Waals surface area contributed by atoms with Crippen molar-refractivity contribution >= 4 is 12.4 Å². The van der Waals surface area contributed by atoms with E-state index in [0.29, 0.717) is 35.7 Å². The molecule has 2 aromatic rings. The molecule has 27 heavy (non-hydrogen) atoms. The van der Waals surface area contributed by atoms with Crippen molar-refractivity contribution in [1.29, 1.82) is 0 Å². The molecule has 0 spiro atoms. The van der Waals surface area contributed by atoms with Crippen molar-refractivity contribution in [3.63, 3.8) is 0 Å². The Kier molecular flexibility index (Phi) is 6.82. The maximum Gasteiger partial charge on any atom is 0.128 e. The first kappa shape index (κ1) is 20.3. The number of aromatic hydroxyl groups is 2. The fourth-order valence-corrected chi connectivity index (χ4v) is 2.35. The van der Waals surface area contributed by atoms with Crippen LogP contribution in [0.3, 0.4) is 0 Å². The van der Waals surface area contributed by atoms with Crippen molar-refractivity contribution in [2.24, 2.45) is 15.4 Å². The molecule has 0 aromatic heterocycles. The summed E-state index contributed by atoms with van der Waals surface area (Å²) >= 11 is 0. The third-order valence-corrected chi connectivity index (χ3v) is 3.97. The van der Waals surface area contributed by atoms with Gasteiger partial charge in [-0.2, -0.15) is 0 Å². The van der Waals surface area contributed by atoms with Gasteiger partial charge in [0.2, 0.25) is 0 Å². The van der Waals surface area contributed by atoms with Gasteiger partial charge in [0.1, 0.15) is 23.0 Å². The van der Waals surface area contributed by atoms with Crippen LogP contribution < -0.4 is 9.47 Å². The number of nitrogens with zero attached hydrogens (tertiary/aromatic N) is 2. The first-order valence-corrected chi connectivity index (χ1v) is 8.58. The highest BCUT2D eigenvalue weighted by atomic mass is 16.5. The van der Waals surface area contributed by atoms with E-state index >= 15 is 0 Å². The molecule has 0 amide bonds. The van der Waals surface area contributed by atoms with Gasteiger partial charge < -0.3 is 19.7 Å². The van der Waals surface area contributed by atoms with Crippen molar-refractivity contribution in [2.75, 3.05) is 27.3 Å². The lowest BCUT2D eigenvalue weighted by Gasteiger charge is -2.19. The molecule has 6 nitrogen and oxygen atoms in total. The van der Waals surface area contributed by atoms with Gasteiger partial charge in [-0.1, -0.05) is 13.8 Å². The second-order valence-electron chi connectivity index (χ2n) is 6.95. The summed E-state index contributed by atoms with van der Waals surface area (Å²) in [6.45, 7) is 5.21. The van der Waals surface area contributed by atoms with E-state index in [1.54, 1.807) is 63.0 Å². The Morgan fingerprint density at radius 1 is 0.815 bits per heavy atom. The van der Waals surface area contributed by atoms with Crippen LogP contribution >= 0.6 is 0 Å². The first-order chi connectivity index (χ1) is 12.8. The third kappa shape index (κ3) is 6.02. The minimum absolute atomic E-state index is 0.129. The van der Waals surface area contributed by atoms with Gasteiger partial charge in [0.15, 0.2) is 0 Å². The highest BCUT2D eigenvalue weighted by Gasteiger charge is 2.16. The summed E-state index contributed by atoms with van der Waals surface area (Å²) < 4.78 is 10.1. The lowest BCUT2D eigenvalue weighted by molar-refractivity contribution is 0.396. The molecule has 0 aliphatic heterocycles. The lowest BCUT2D eigenvalue weighted by atomic mass is 9.94.